The summed E-state index contributed by atoms with van der Waals surface area (Å²) < 4.78 is 5.56. The average molecular weight is 212 g/mol. The van der Waals surface area contributed by atoms with E-state index in [1.165, 1.54) is 26.1 Å². The first-order valence-corrected chi connectivity index (χ1v) is 6.05. The van der Waals surface area contributed by atoms with Crippen molar-refractivity contribution in [2.24, 2.45) is 5.41 Å². The third kappa shape index (κ3) is 2.52. The Morgan fingerprint density at radius 2 is 2.13 bits per heavy atom. The molecule has 0 aromatic carbocycles. The van der Waals surface area contributed by atoms with E-state index in [1.54, 1.807) is 0 Å². The van der Waals surface area contributed by atoms with E-state index in [1.807, 2.05) is 0 Å². The van der Waals surface area contributed by atoms with Crippen molar-refractivity contribution in [2.75, 3.05) is 39.4 Å². The lowest BCUT2D eigenvalue weighted by Gasteiger charge is -2.45. The fraction of sp³-hybridized carbons (Fsp3) is 1.00. The van der Waals surface area contributed by atoms with Gasteiger partial charge in [-0.1, -0.05) is 6.92 Å². The highest BCUT2D eigenvalue weighted by Crippen LogP contribution is 2.30. The van der Waals surface area contributed by atoms with Crippen LogP contribution in [0, 0.1) is 5.41 Å². The maximum absolute atomic E-state index is 5.56. The van der Waals surface area contributed by atoms with Crippen molar-refractivity contribution in [2.45, 2.75) is 32.7 Å². The van der Waals surface area contributed by atoms with Crippen LogP contribution in [0.2, 0.25) is 0 Å². The summed E-state index contributed by atoms with van der Waals surface area (Å²) in [5, 5.41) is 3.47. The highest BCUT2D eigenvalue weighted by Gasteiger charge is 2.37. The second kappa shape index (κ2) is 4.04. The summed E-state index contributed by atoms with van der Waals surface area (Å²) in [5.74, 6) is 0. The van der Waals surface area contributed by atoms with Gasteiger partial charge in [-0.25, -0.2) is 0 Å². The number of rotatable bonds is 2. The summed E-state index contributed by atoms with van der Waals surface area (Å²) >= 11 is 0. The summed E-state index contributed by atoms with van der Waals surface area (Å²) in [4.78, 5) is 2.60. The SMILES string of the molecule is CC1(CN2CCOCC2(C)C)CCNC1. The number of morpholine rings is 1. The van der Waals surface area contributed by atoms with Crippen LogP contribution in [0.1, 0.15) is 27.2 Å². The Balaban J connectivity index is 1.97. The van der Waals surface area contributed by atoms with Crippen LogP contribution in [-0.2, 0) is 4.74 Å². The van der Waals surface area contributed by atoms with Crippen LogP contribution < -0.4 is 5.32 Å². The van der Waals surface area contributed by atoms with E-state index in [0.29, 0.717) is 5.41 Å². The molecule has 0 bridgehead atoms. The van der Waals surface area contributed by atoms with Crippen molar-refractivity contribution < 1.29 is 4.74 Å². The van der Waals surface area contributed by atoms with Gasteiger partial charge in [-0.2, -0.15) is 0 Å². The highest BCUT2D eigenvalue weighted by molar-refractivity contribution is 4.92. The Hall–Kier alpha value is -0.120. The molecule has 88 valence electrons. The molecule has 0 radical (unpaired) electrons. The van der Waals surface area contributed by atoms with E-state index in [2.05, 4.69) is 31.0 Å². The number of nitrogens with one attached hydrogen (secondary N) is 1. The van der Waals surface area contributed by atoms with Crippen LogP contribution in [-0.4, -0.2) is 49.8 Å². The molecule has 15 heavy (non-hydrogen) atoms. The van der Waals surface area contributed by atoms with E-state index < -0.39 is 0 Å². The Morgan fingerprint density at radius 3 is 2.73 bits per heavy atom. The van der Waals surface area contributed by atoms with Crippen molar-refractivity contribution in [3.05, 3.63) is 0 Å². The van der Waals surface area contributed by atoms with E-state index in [4.69, 9.17) is 4.74 Å². The lowest BCUT2D eigenvalue weighted by atomic mass is 9.87. The number of hydrogen-bond donors (Lipinski definition) is 1. The quantitative estimate of drug-likeness (QED) is 0.742. The standard InChI is InChI=1S/C12H24N2O/c1-11(2)10-15-7-6-14(11)9-12(3)4-5-13-8-12/h13H,4-10H2,1-3H3. The Kier molecular flexibility index (Phi) is 3.06. The third-order valence-electron chi connectivity index (χ3n) is 3.85. The second-order valence-electron chi connectivity index (χ2n) is 6.02. The van der Waals surface area contributed by atoms with Gasteiger partial charge in [-0.05, 0) is 32.2 Å². The topological polar surface area (TPSA) is 24.5 Å². The van der Waals surface area contributed by atoms with E-state index in [9.17, 15) is 0 Å². The largest absolute Gasteiger partial charge is 0.378 e. The monoisotopic (exact) mass is 212 g/mol. The fourth-order valence-corrected chi connectivity index (χ4v) is 2.65. The van der Waals surface area contributed by atoms with Gasteiger partial charge >= 0.3 is 0 Å². The minimum Gasteiger partial charge on any atom is -0.378 e. The van der Waals surface area contributed by atoms with Gasteiger partial charge in [0, 0.05) is 25.2 Å². The van der Waals surface area contributed by atoms with Gasteiger partial charge < -0.3 is 10.1 Å². The summed E-state index contributed by atoms with van der Waals surface area (Å²) in [6.07, 6.45) is 1.31. The molecule has 0 aliphatic carbocycles. The molecular formula is C12H24N2O. The van der Waals surface area contributed by atoms with Crippen LogP contribution in [0.4, 0.5) is 0 Å². The van der Waals surface area contributed by atoms with E-state index >= 15 is 0 Å². The molecule has 2 rings (SSSR count). The predicted molar refractivity (Wildman–Crippen MR) is 62.1 cm³/mol. The lowest BCUT2D eigenvalue weighted by molar-refractivity contribution is -0.0645. The predicted octanol–water partition coefficient (Wildman–Crippen LogP) is 1.10. The molecule has 0 saturated carbocycles. The lowest BCUT2D eigenvalue weighted by Crippen LogP contribution is -2.56. The van der Waals surface area contributed by atoms with Crippen molar-refractivity contribution in [1.29, 1.82) is 0 Å². The van der Waals surface area contributed by atoms with Crippen LogP contribution in [0.5, 0.6) is 0 Å². The first-order valence-electron chi connectivity index (χ1n) is 6.05. The molecule has 1 unspecified atom stereocenters. The molecule has 3 nitrogen and oxygen atoms in total. The molecule has 3 heteroatoms. The minimum absolute atomic E-state index is 0.212. The Bertz CT molecular complexity index is 222. The number of nitrogens with zero attached hydrogens (tertiary/aromatic N) is 1. The highest BCUT2D eigenvalue weighted by atomic mass is 16.5. The normalized spacial score (nSPS) is 37.0. The van der Waals surface area contributed by atoms with Gasteiger partial charge in [0.15, 0.2) is 0 Å². The maximum atomic E-state index is 5.56. The smallest absolute Gasteiger partial charge is 0.0645 e. The van der Waals surface area contributed by atoms with Gasteiger partial charge in [-0.15, -0.1) is 0 Å². The van der Waals surface area contributed by atoms with Gasteiger partial charge in [0.25, 0.3) is 0 Å². The molecule has 1 N–H and O–H groups in total. The van der Waals surface area contributed by atoms with Crippen LogP contribution in [0.3, 0.4) is 0 Å². The van der Waals surface area contributed by atoms with Crippen LogP contribution >= 0.6 is 0 Å². The molecular weight excluding hydrogens is 188 g/mol. The van der Waals surface area contributed by atoms with Gasteiger partial charge in [0.2, 0.25) is 0 Å². The average Bonchev–Trinajstić information content (AvgIpc) is 2.56. The van der Waals surface area contributed by atoms with E-state index in [0.717, 1.165) is 19.8 Å². The zero-order chi connectivity index (χ0) is 10.9. The molecule has 0 aromatic rings. The van der Waals surface area contributed by atoms with Crippen molar-refractivity contribution in [3.63, 3.8) is 0 Å². The first-order chi connectivity index (χ1) is 7.02. The second-order valence-corrected chi connectivity index (χ2v) is 6.02. The number of ether oxygens (including phenoxy) is 1. The molecule has 2 heterocycles. The van der Waals surface area contributed by atoms with Gasteiger partial charge in [0.05, 0.1) is 13.2 Å². The fourth-order valence-electron chi connectivity index (χ4n) is 2.65. The minimum atomic E-state index is 0.212. The van der Waals surface area contributed by atoms with E-state index in [-0.39, 0.29) is 5.54 Å². The molecule has 0 amide bonds. The Labute approximate surface area is 93.2 Å². The molecule has 2 aliphatic heterocycles. The molecule has 1 atom stereocenters. The molecule has 0 aromatic heterocycles. The zero-order valence-corrected chi connectivity index (χ0v) is 10.3. The molecule has 0 spiro atoms. The Morgan fingerprint density at radius 1 is 1.33 bits per heavy atom. The molecule has 2 saturated heterocycles. The van der Waals surface area contributed by atoms with Crippen molar-refractivity contribution >= 4 is 0 Å². The molecule has 2 fully saturated rings. The zero-order valence-electron chi connectivity index (χ0n) is 10.3. The van der Waals surface area contributed by atoms with Crippen molar-refractivity contribution in [1.82, 2.24) is 10.2 Å². The van der Waals surface area contributed by atoms with Crippen LogP contribution in [0.25, 0.3) is 0 Å². The van der Waals surface area contributed by atoms with Gasteiger partial charge in [0.1, 0.15) is 0 Å². The third-order valence-corrected chi connectivity index (χ3v) is 3.85. The summed E-state index contributed by atoms with van der Waals surface area (Å²) in [6.45, 7) is 13.4. The number of hydrogen-bond acceptors (Lipinski definition) is 3. The summed E-state index contributed by atoms with van der Waals surface area (Å²) in [6, 6.07) is 0. The molecule has 2 aliphatic rings. The summed E-state index contributed by atoms with van der Waals surface area (Å²) in [7, 11) is 0. The van der Waals surface area contributed by atoms with Crippen molar-refractivity contribution in [3.8, 4) is 0 Å². The van der Waals surface area contributed by atoms with Gasteiger partial charge in [-0.3, -0.25) is 4.90 Å². The summed E-state index contributed by atoms with van der Waals surface area (Å²) in [5.41, 5.74) is 0.679. The first kappa shape index (κ1) is 11.4. The van der Waals surface area contributed by atoms with Crippen LogP contribution in [0.15, 0.2) is 0 Å². The maximum Gasteiger partial charge on any atom is 0.0645 e.